The molecule has 0 atom stereocenters. The van der Waals surface area contributed by atoms with Gasteiger partial charge in [-0.2, -0.15) is 5.26 Å². The van der Waals surface area contributed by atoms with Gasteiger partial charge in [-0.05, 0) is 60.2 Å². The first kappa shape index (κ1) is 24.0. The van der Waals surface area contributed by atoms with Crippen LogP contribution in [-0.2, 0) is 13.0 Å². The number of nitrogens with zero attached hydrogens (tertiary/aromatic N) is 1. The third-order valence-corrected chi connectivity index (χ3v) is 5.30. The van der Waals surface area contributed by atoms with Gasteiger partial charge in [0.2, 0.25) is 0 Å². The van der Waals surface area contributed by atoms with Crippen molar-refractivity contribution in [1.82, 2.24) is 0 Å². The number of amides is 3. The number of urea groups is 1. The molecular formula is C29H24N4O3. The molecule has 4 aromatic carbocycles. The van der Waals surface area contributed by atoms with Gasteiger partial charge in [0.05, 0.1) is 12.5 Å². The maximum absolute atomic E-state index is 12.8. The Hall–Kier alpha value is -5.09. The van der Waals surface area contributed by atoms with E-state index in [9.17, 15) is 9.59 Å². The SMILES string of the molecule is N#CCc1ccc(OCc2ccccc2NC(=O)c2ccc(NC(=O)Nc3ccccc3)cc2)cc1. The Labute approximate surface area is 209 Å². The molecule has 178 valence electrons. The number of hydrogen-bond acceptors (Lipinski definition) is 4. The molecule has 0 heterocycles. The molecule has 4 rings (SSSR count). The number of carbonyl (C=O) groups is 2. The molecule has 0 unspecified atom stereocenters. The van der Waals surface area contributed by atoms with Crippen molar-refractivity contribution in [1.29, 1.82) is 5.26 Å². The molecule has 3 amide bonds. The van der Waals surface area contributed by atoms with Crippen LogP contribution in [0.5, 0.6) is 5.75 Å². The molecular weight excluding hydrogens is 452 g/mol. The van der Waals surface area contributed by atoms with Crippen molar-refractivity contribution in [3.05, 3.63) is 120 Å². The van der Waals surface area contributed by atoms with Crippen molar-refractivity contribution in [2.24, 2.45) is 0 Å². The zero-order valence-electron chi connectivity index (χ0n) is 19.4. The molecule has 0 aliphatic carbocycles. The lowest BCUT2D eigenvalue weighted by molar-refractivity contribution is 0.102. The fourth-order valence-corrected chi connectivity index (χ4v) is 3.44. The van der Waals surface area contributed by atoms with Gasteiger partial charge in [0.1, 0.15) is 12.4 Å². The van der Waals surface area contributed by atoms with E-state index in [1.807, 2.05) is 66.7 Å². The standard InChI is InChI=1S/C29H24N4O3/c30-19-18-21-10-16-26(17-11-21)36-20-23-6-4-5-9-27(23)33-28(34)22-12-14-25(15-13-22)32-29(35)31-24-7-2-1-3-8-24/h1-17H,18,20H2,(H,33,34)(H2,31,32,35). The lowest BCUT2D eigenvalue weighted by Gasteiger charge is -2.13. The van der Waals surface area contributed by atoms with E-state index in [1.54, 1.807) is 36.4 Å². The molecule has 0 aliphatic rings. The van der Waals surface area contributed by atoms with Gasteiger partial charge in [-0.15, -0.1) is 0 Å². The molecule has 36 heavy (non-hydrogen) atoms. The fourth-order valence-electron chi connectivity index (χ4n) is 3.44. The molecule has 4 aromatic rings. The summed E-state index contributed by atoms with van der Waals surface area (Å²) >= 11 is 0. The summed E-state index contributed by atoms with van der Waals surface area (Å²) in [5.41, 5.74) is 4.10. The Morgan fingerprint density at radius 3 is 2.06 bits per heavy atom. The van der Waals surface area contributed by atoms with Gasteiger partial charge in [-0.3, -0.25) is 4.79 Å². The van der Waals surface area contributed by atoms with Crippen LogP contribution in [0.15, 0.2) is 103 Å². The lowest BCUT2D eigenvalue weighted by atomic mass is 10.1. The lowest BCUT2D eigenvalue weighted by Crippen LogP contribution is -2.19. The minimum Gasteiger partial charge on any atom is -0.489 e. The first-order valence-corrected chi connectivity index (χ1v) is 11.3. The van der Waals surface area contributed by atoms with E-state index in [4.69, 9.17) is 10.00 Å². The number of hydrogen-bond donors (Lipinski definition) is 3. The van der Waals surface area contributed by atoms with Gasteiger partial charge in [0, 0.05) is 28.2 Å². The van der Waals surface area contributed by atoms with Crippen LogP contribution in [-0.4, -0.2) is 11.9 Å². The molecule has 0 saturated carbocycles. The summed E-state index contributed by atoms with van der Waals surface area (Å²) in [5, 5.41) is 17.2. The van der Waals surface area contributed by atoms with Crippen LogP contribution >= 0.6 is 0 Å². The van der Waals surface area contributed by atoms with E-state index in [1.165, 1.54) is 0 Å². The molecule has 7 nitrogen and oxygen atoms in total. The third-order valence-electron chi connectivity index (χ3n) is 5.30. The molecule has 0 aromatic heterocycles. The number of para-hydroxylation sites is 2. The quantitative estimate of drug-likeness (QED) is 0.280. The summed E-state index contributed by atoms with van der Waals surface area (Å²) in [4.78, 5) is 25.0. The number of rotatable bonds is 8. The maximum Gasteiger partial charge on any atom is 0.323 e. The topological polar surface area (TPSA) is 103 Å². The highest BCUT2D eigenvalue weighted by Crippen LogP contribution is 2.21. The Kier molecular flexibility index (Phi) is 7.92. The number of carbonyl (C=O) groups excluding carboxylic acids is 2. The monoisotopic (exact) mass is 476 g/mol. The summed E-state index contributed by atoms with van der Waals surface area (Å²) in [5.74, 6) is 0.404. The minimum atomic E-state index is -0.368. The summed E-state index contributed by atoms with van der Waals surface area (Å²) < 4.78 is 5.87. The summed E-state index contributed by atoms with van der Waals surface area (Å²) in [7, 11) is 0. The molecule has 7 heteroatoms. The first-order chi connectivity index (χ1) is 17.6. The highest BCUT2D eigenvalue weighted by molar-refractivity contribution is 6.05. The van der Waals surface area contributed by atoms with Gasteiger partial charge in [0.15, 0.2) is 0 Å². The highest BCUT2D eigenvalue weighted by Gasteiger charge is 2.10. The van der Waals surface area contributed by atoms with Crippen LogP contribution in [0.2, 0.25) is 0 Å². The number of nitriles is 1. The molecule has 0 spiro atoms. The van der Waals surface area contributed by atoms with Crippen molar-refractivity contribution in [3.8, 4) is 11.8 Å². The van der Waals surface area contributed by atoms with Crippen LogP contribution in [0.4, 0.5) is 21.9 Å². The molecule has 0 fully saturated rings. The predicted molar refractivity (Wildman–Crippen MR) is 140 cm³/mol. The summed E-state index contributed by atoms with van der Waals surface area (Å²) in [6.45, 7) is 0.271. The fraction of sp³-hybridized carbons (Fsp3) is 0.0690. The zero-order chi connectivity index (χ0) is 25.2. The van der Waals surface area contributed by atoms with E-state index < -0.39 is 0 Å². The van der Waals surface area contributed by atoms with Crippen LogP contribution < -0.4 is 20.7 Å². The van der Waals surface area contributed by atoms with Gasteiger partial charge in [-0.25, -0.2) is 4.79 Å². The number of benzene rings is 4. The molecule has 0 aliphatic heterocycles. The second-order valence-electron chi connectivity index (χ2n) is 7.90. The third kappa shape index (κ3) is 6.72. The maximum atomic E-state index is 12.8. The van der Waals surface area contributed by atoms with Crippen molar-refractivity contribution in [3.63, 3.8) is 0 Å². The Morgan fingerprint density at radius 1 is 0.722 bits per heavy atom. The van der Waals surface area contributed by atoms with Gasteiger partial charge in [0.25, 0.3) is 5.91 Å². The largest absolute Gasteiger partial charge is 0.489 e. The van der Waals surface area contributed by atoms with E-state index in [-0.39, 0.29) is 18.5 Å². The van der Waals surface area contributed by atoms with E-state index >= 15 is 0 Å². The smallest absolute Gasteiger partial charge is 0.323 e. The minimum absolute atomic E-state index is 0.271. The molecule has 3 N–H and O–H groups in total. The highest BCUT2D eigenvalue weighted by atomic mass is 16.5. The second kappa shape index (κ2) is 11.9. The number of nitrogens with one attached hydrogen (secondary N) is 3. The van der Waals surface area contributed by atoms with Crippen molar-refractivity contribution in [2.45, 2.75) is 13.0 Å². The van der Waals surface area contributed by atoms with Crippen LogP contribution in [0.25, 0.3) is 0 Å². The number of anilines is 3. The van der Waals surface area contributed by atoms with Gasteiger partial charge in [-0.1, -0.05) is 48.5 Å². The molecule has 0 bridgehead atoms. The average molecular weight is 477 g/mol. The van der Waals surface area contributed by atoms with Gasteiger partial charge < -0.3 is 20.7 Å². The Morgan fingerprint density at radius 2 is 1.36 bits per heavy atom. The van der Waals surface area contributed by atoms with Crippen LogP contribution in [0.1, 0.15) is 21.5 Å². The average Bonchev–Trinajstić information content (AvgIpc) is 2.90. The number of ether oxygens (including phenoxy) is 1. The second-order valence-corrected chi connectivity index (χ2v) is 7.90. The van der Waals surface area contributed by atoms with Crippen LogP contribution in [0.3, 0.4) is 0 Å². The van der Waals surface area contributed by atoms with E-state index in [0.717, 1.165) is 11.1 Å². The van der Waals surface area contributed by atoms with Crippen molar-refractivity contribution in [2.75, 3.05) is 16.0 Å². The van der Waals surface area contributed by atoms with Crippen molar-refractivity contribution < 1.29 is 14.3 Å². The normalized spacial score (nSPS) is 10.1. The van der Waals surface area contributed by atoms with E-state index in [0.29, 0.717) is 34.8 Å². The Balaban J connectivity index is 1.34. The summed E-state index contributed by atoms with van der Waals surface area (Å²) in [6.07, 6.45) is 0.354. The van der Waals surface area contributed by atoms with Gasteiger partial charge >= 0.3 is 6.03 Å². The van der Waals surface area contributed by atoms with Crippen molar-refractivity contribution >= 4 is 29.0 Å². The first-order valence-electron chi connectivity index (χ1n) is 11.3. The van der Waals surface area contributed by atoms with Crippen LogP contribution in [0, 0.1) is 11.3 Å². The summed E-state index contributed by atoms with van der Waals surface area (Å²) in [6, 6.07) is 32.3. The zero-order valence-corrected chi connectivity index (χ0v) is 19.4. The molecule has 0 radical (unpaired) electrons. The van der Waals surface area contributed by atoms with E-state index in [2.05, 4.69) is 22.0 Å². The predicted octanol–water partition coefficient (Wildman–Crippen LogP) is 6.23. The Bertz CT molecular complexity index is 1360. The molecule has 0 saturated heterocycles.